The highest BCUT2D eigenvalue weighted by atomic mass is 35.5. The number of nitrogens with zero attached hydrogens (tertiary/aromatic N) is 1. The van der Waals surface area contributed by atoms with Gasteiger partial charge in [0.15, 0.2) is 0 Å². The predicted molar refractivity (Wildman–Crippen MR) is 74.0 cm³/mol. The summed E-state index contributed by atoms with van der Waals surface area (Å²) in [6.45, 7) is 2.27. The molecule has 6 heteroatoms. The second-order valence-corrected chi connectivity index (χ2v) is 4.56. The zero-order valence-electron chi connectivity index (χ0n) is 10.4. The molecule has 1 aliphatic heterocycles. The zero-order chi connectivity index (χ0) is 14.0. The number of nitrogens with one attached hydrogen (secondary N) is 1. The van der Waals surface area contributed by atoms with Crippen LogP contribution >= 0.6 is 11.6 Å². The lowest BCUT2D eigenvalue weighted by atomic mass is 10.1. The van der Waals surface area contributed by atoms with Crippen LogP contribution in [-0.2, 0) is 11.2 Å². The van der Waals surface area contributed by atoms with Crippen LogP contribution in [0.4, 0.5) is 10.5 Å². The number of urea groups is 1. The van der Waals surface area contributed by atoms with Gasteiger partial charge in [0.2, 0.25) is 5.91 Å². The molecule has 100 valence electrons. The third-order valence-electron chi connectivity index (χ3n) is 2.92. The molecule has 1 aromatic rings. The fourth-order valence-electron chi connectivity index (χ4n) is 1.97. The van der Waals surface area contributed by atoms with Crippen LogP contribution in [0.2, 0.25) is 5.02 Å². The van der Waals surface area contributed by atoms with Gasteiger partial charge in [0.05, 0.1) is 17.9 Å². The number of aryl methyl sites for hydroxylation is 1. The van der Waals surface area contributed by atoms with E-state index in [-0.39, 0.29) is 12.5 Å². The van der Waals surface area contributed by atoms with Crippen molar-refractivity contribution < 1.29 is 9.59 Å². The first-order valence-electron chi connectivity index (χ1n) is 5.89. The Morgan fingerprint density at radius 3 is 2.74 bits per heavy atom. The number of primary amides is 1. The Labute approximate surface area is 116 Å². The minimum absolute atomic E-state index is 0.238. The van der Waals surface area contributed by atoms with Crippen molar-refractivity contribution >= 4 is 29.2 Å². The standard InChI is InChI=1S/C13H14ClN3O2/c1-2-8-3-4-9(5-11(8)14)17(13(15)19)10-6-12(18)16-7-10/h3-6H,2,7H2,1H3,(H2,15,19)(H,16,18). The molecule has 5 nitrogen and oxygen atoms in total. The number of anilines is 1. The first kappa shape index (κ1) is 13.4. The average molecular weight is 280 g/mol. The Morgan fingerprint density at radius 1 is 1.53 bits per heavy atom. The minimum atomic E-state index is -0.650. The van der Waals surface area contributed by atoms with Gasteiger partial charge in [0.1, 0.15) is 0 Å². The fraction of sp³-hybridized carbons (Fsp3) is 0.231. The summed E-state index contributed by atoms with van der Waals surface area (Å²) >= 11 is 6.13. The lowest BCUT2D eigenvalue weighted by Crippen LogP contribution is -2.36. The Morgan fingerprint density at radius 2 is 2.26 bits per heavy atom. The number of amides is 3. The summed E-state index contributed by atoms with van der Waals surface area (Å²) in [4.78, 5) is 24.1. The fourth-order valence-corrected chi connectivity index (χ4v) is 2.28. The Bertz CT molecular complexity index is 569. The van der Waals surface area contributed by atoms with E-state index < -0.39 is 6.03 Å². The number of hydrogen-bond acceptors (Lipinski definition) is 2. The first-order chi connectivity index (χ1) is 9.02. The highest BCUT2D eigenvalue weighted by Gasteiger charge is 2.23. The predicted octanol–water partition coefficient (Wildman–Crippen LogP) is 1.80. The third kappa shape index (κ3) is 2.71. The molecule has 0 bridgehead atoms. The van der Waals surface area contributed by atoms with Crippen LogP contribution in [0, 0.1) is 0 Å². The number of hydrogen-bond donors (Lipinski definition) is 2. The number of carbonyl (C=O) groups is 2. The van der Waals surface area contributed by atoms with Crippen molar-refractivity contribution in [2.24, 2.45) is 5.73 Å². The van der Waals surface area contributed by atoms with Crippen LogP contribution in [0.25, 0.3) is 0 Å². The van der Waals surface area contributed by atoms with Crippen molar-refractivity contribution in [2.75, 3.05) is 11.4 Å². The molecule has 1 aliphatic rings. The van der Waals surface area contributed by atoms with Gasteiger partial charge in [-0.15, -0.1) is 0 Å². The highest BCUT2D eigenvalue weighted by molar-refractivity contribution is 6.31. The Kier molecular flexibility index (Phi) is 3.76. The number of benzene rings is 1. The van der Waals surface area contributed by atoms with Crippen molar-refractivity contribution in [3.63, 3.8) is 0 Å². The van der Waals surface area contributed by atoms with Gasteiger partial charge in [0.25, 0.3) is 0 Å². The topological polar surface area (TPSA) is 75.4 Å². The molecule has 0 saturated carbocycles. The van der Waals surface area contributed by atoms with E-state index in [0.29, 0.717) is 16.4 Å². The molecule has 0 radical (unpaired) electrons. The van der Waals surface area contributed by atoms with Crippen molar-refractivity contribution in [3.05, 3.63) is 40.6 Å². The zero-order valence-corrected chi connectivity index (χ0v) is 11.2. The number of rotatable bonds is 3. The number of carbonyl (C=O) groups excluding carboxylic acids is 2. The molecule has 3 amide bonds. The molecule has 0 unspecified atom stereocenters. The lowest BCUT2D eigenvalue weighted by molar-refractivity contribution is -0.115. The van der Waals surface area contributed by atoms with E-state index in [1.54, 1.807) is 12.1 Å². The van der Waals surface area contributed by atoms with E-state index in [1.807, 2.05) is 13.0 Å². The van der Waals surface area contributed by atoms with Crippen LogP contribution in [0.15, 0.2) is 30.0 Å². The molecule has 0 aliphatic carbocycles. The minimum Gasteiger partial charge on any atom is -0.351 e. The van der Waals surface area contributed by atoms with E-state index in [0.717, 1.165) is 12.0 Å². The summed E-state index contributed by atoms with van der Waals surface area (Å²) in [5.41, 5.74) is 7.43. The van der Waals surface area contributed by atoms with Crippen LogP contribution in [-0.4, -0.2) is 18.5 Å². The quantitative estimate of drug-likeness (QED) is 0.885. The van der Waals surface area contributed by atoms with Crippen molar-refractivity contribution in [3.8, 4) is 0 Å². The van der Waals surface area contributed by atoms with Crippen LogP contribution in [0.5, 0.6) is 0 Å². The maximum absolute atomic E-state index is 11.6. The largest absolute Gasteiger partial charge is 0.351 e. The van der Waals surface area contributed by atoms with E-state index in [2.05, 4.69) is 5.32 Å². The second-order valence-electron chi connectivity index (χ2n) is 4.16. The molecular formula is C13H14ClN3O2. The number of halogens is 1. The Hall–Kier alpha value is -2.01. The van der Waals surface area contributed by atoms with Crippen molar-refractivity contribution in [1.29, 1.82) is 0 Å². The maximum Gasteiger partial charge on any atom is 0.323 e. The molecule has 0 saturated heterocycles. The summed E-state index contributed by atoms with van der Waals surface area (Å²) in [5.74, 6) is -0.238. The molecule has 0 atom stereocenters. The molecule has 1 heterocycles. The van der Waals surface area contributed by atoms with Gasteiger partial charge in [-0.05, 0) is 24.1 Å². The van der Waals surface area contributed by atoms with Crippen molar-refractivity contribution in [1.82, 2.24) is 5.32 Å². The molecule has 3 N–H and O–H groups in total. The van der Waals surface area contributed by atoms with Gasteiger partial charge < -0.3 is 11.1 Å². The summed E-state index contributed by atoms with van der Waals surface area (Å²) in [6.07, 6.45) is 2.16. The molecule has 0 fully saturated rings. The second kappa shape index (κ2) is 5.32. The van der Waals surface area contributed by atoms with Gasteiger partial charge in [-0.1, -0.05) is 24.6 Å². The third-order valence-corrected chi connectivity index (χ3v) is 3.28. The van der Waals surface area contributed by atoms with Gasteiger partial charge >= 0.3 is 6.03 Å². The molecule has 0 spiro atoms. The first-order valence-corrected chi connectivity index (χ1v) is 6.27. The molecule has 2 rings (SSSR count). The van der Waals surface area contributed by atoms with E-state index in [4.69, 9.17) is 17.3 Å². The summed E-state index contributed by atoms with van der Waals surface area (Å²) in [6, 6.07) is 4.63. The summed E-state index contributed by atoms with van der Waals surface area (Å²) < 4.78 is 0. The van der Waals surface area contributed by atoms with Crippen LogP contribution in [0.3, 0.4) is 0 Å². The van der Waals surface area contributed by atoms with Gasteiger partial charge in [-0.25, -0.2) is 4.79 Å². The highest BCUT2D eigenvalue weighted by Crippen LogP contribution is 2.27. The van der Waals surface area contributed by atoms with E-state index in [9.17, 15) is 9.59 Å². The van der Waals surface area contributed by atoms with Crippen LogP contribution < -0.4 is 16.0 Å². The van der Waals surface area contributed by atoms with Gasteiger partial charge in [-0.2, -0.15) is 0 Å². The smallest absolute Gasteiger partial charge is 0.323 e. The van der Waals surface area contributed by atoms with Gasteiger partial charge in [0, 0.05) is 11.1 Å². The van der Waals surface area contributed by atoms with E-state index >= 15 is 0 Å². The number of nitrogens with two attached hydrogens (primary N) is 1. The molecule has 1 aromatic carbocycles. The lowest BCUT2D eigenvalue weighted by Gasteiger charge is -2.21. The van der Waals surface area contributed by atoms with E-state index in [1.165, 1.54) is 11.0 Å². The molecule has 0 aromatic heterocycles. The molecule has 19 heavy (non-hydrogen) atoms. The Balaban J connectivity index is 2.40. The summed E-state index contributed by atoms with van der Waals surface area (Å²) in [5, 5.41) is 3.17. The summed E-state index contributed by atoms with van der Waals surface area (Å²) in [7, 11) is 0. The average Bonchev–Trinajstić information content (AvgIpc) is 2.75. The molecular weight excluding hydrogens is 266 g/mol. The normalized spacial score (nSPS) is 14.0. The SMILES string of the molecule is CCc1ccc(N(C(N)=O)C2=CC(=O)NC2)cc1Cl. The van der Waals surface area contributed by atoms with Crippen molar-refractivity contribution in [2.45, 2.75) is 13.3 Å². The van der Waals surface area contributed by atoms with Gasteiger partial charge in [-0.3, -0.25) is 9.69 Å². The maximum atomic E-state index is 11.6. The monoisotopic (exact) mass is 279 g/mol. The van der Waals surface area contributed by atoms with Crippen LogP contribution in [0.1, 0.15) is 12.5 Å².